The molecule has 2 aliphatic rings. The summed E-state index contributed by atoms with van der Waals surface area (Å²) in [4.78, 5) is 33.5. The van der Waals surface area contributed by atoms with E-state index in [0.717, 1.165) is 0 Å². The fourth-order valence-corrected chi connectivity index (χ4v) is 2.32. The van der Waals surface area contributed by atoms with E-state index >= 15 is 0 Å². The Morgan fingerprint density at radius 3 is 2.70 bits per heavy atom. The monoisotopic (exact) mass is 269 g/mol. The third-order valence-electron chi connectivity index (χ3n) is 3.44. The van der Waals surface area contributed by atoms with Gasteiger partial charge in [0.25, 0.3) is 0 Å². The van der Waals surface area contributed by atoms with Crippen LogP contribution in [0.1, 0.15) is 33.5 Å². The van der Waals surface area contributed by atoms with Gasteiger partial charge in [-0.05, 0) is 31.5 Å². The van der Waals surface area contributed by atoms with Crippen molar-refractivity contribution in [3.63, 3.8) is 0 Å². The first kappa shape index (κ1) is 12.4. The van der Waals surface area contributed by atoms with Gasteiger partial charge in [-0.1, -0.05) is 5.11 Å². The summed E-state index contributed by atoms with van der Waals surface area (Å²) in [6.07, 6.45) is 0. The van der Waals surface area contributed by atoms with Crippen LogP contribution in [0.15, 0.2) is 28.6 Å². The third kappa shape index (κ3) is 1.68. The normalized spacial score (nSPS) is 20.7. The highest BCUT2D eigenvalue weighted by atomic mass is 16.1. The van der Waals surface area contributed by atoms with Gasteiger partial charge in [0.2, 0.25) is 5.78 Å². The standard InChI is InChI=1S/C13H11N5O2/c1-6-3-4-8-9(15-6)13(20)11(18-5-7(18)2)10(12(8)19)16-17-14/h3-4,7H,5H2,1-2H3. The number of aromatic nitrogens is 1. The van der Waals surface area contributed by atoms with E-state index in [4.69, 9.17) is 5.53 Å². The second-order valence-corrected chi connectivity index (χ2v) is 4.90. The molecular formula is C13H11N5O2. The average Bonchev–Trinajstić information content (AvgIpc) is 3.12. The molecule has 1 unspecified atom stereocenters. The molecule has 0 aromatic carbocycles. The Labute approximate surface area is 114 Å². The van der Waals surface area contributed by atoms with Crippen molar-refractivity contribution < 1.29 is 9.59 Å². The molecular weight excluding hydrogens is 258 g/mol. The second kappa shape index (κ2) is 4.18. The van der Waals surface area contributed by atoms with Crippen LogP contribution < -0.4 is 0 Å². The van der Waals surface area contributed by atoms with Gasteiger partial charge < -0.3 is 4.90 Å². The quantitative estimate of drug-likeness (QED) is 0.355. The lowest BCUT2D eigenvalue weighted by atomic mass is 9.94. The van der Waals surface area contributed by atoms with Gasteiger partial charge in [0.1, 0.15) is 17.1 Å². The molecule has 1 aromatic rings. The number of carbonyl (C=O) groups is 2. The maximum Gasteiger partial charge on any atom is 0.228 e. The Morgan fingerprint density at radius 2 is 2.10 bits per heavy atom. The molecule has 1 aromatic heterocycles. The van der Waals surface area contributed by atoms with Gasteiger partial charge in [0.05, 0.1) is 5.56 Å². The van der Waals surface area contributed by atoms with E-state index in [9.17, 15) is 9.59 Å². The SMILES string of the molecule is Cc1ccc2c(n1)C(=O)C(N1CC1C)=C(N=[N+]=[N-])C2=O. The van der Waals surface area contributed by atoms with Crippen molar-refractivity contribution in [3.8, 4) is 0 Å². The number of hydrogen-bond donors (Lipinski definition) is 0. The van der Waals surface area contributed by atoms with Crippen LogP contribution in [0.2, 0.25) is 0 Å². The number of hydrogen-bond acceptors (Lipinski definition) is 5. The molecule has 7 nitrogen and oxygen atoms in total. The first-order valence-corrected chi connectivity index (χ1v) is 6.17. The van der Waals surface area contributed by atoms with Crippen LogP contribution >= 0.6 is 0 Å². The molecule has 1 fully saturated rings. The molecule has 0 spiro atoms. The molecule has 1 saturated heterocycles. The van der Waals surface area contributed by atoms with Crippen molar-refractivity contribution in [2.24, 2.45) is 5.11 Å². The number of carbonyl (C=O) groups excluding carboxylic acids is 2. The zero-order valence-corrected chi connectivity index (χ0v) is 11.0. The fraction of sp³-hybridized carbons (Fsp3) is 0.308. The summed E-state index contributed by atoms with van der Waals surface area (Å²) in [6, 6.07) is 3.37. The molecule has 7 heteroatoms. The fourth-order valence-electron chi connectivity index (χ4n) is 2.32. The van der Waals surface area contributed by atoms with Gasteiger partial charge in [-0.25, -0.2) is 4.98 Å². The molecule has 100 valence electrons. The Hall–Kier alpha value is -2.66. The Morgan fingerprint density at radius 1 is 1.40 bits per heavy atom. The lowest BCUT2D eigenvalue weighted by Gasteiger charge is -2.19. The van der Waals surface area contributed by atoms with E-state index in [0.29, 0.717) is 12.2 Å². The number of pyridine rings is 1. The first-order chi connectivity index (χ1) is 9.54. The minimum atomic E-state index is -0.445. The number of allylic oxidation sites excluding steroid dienone is 2. The van der Waals surface area contributed by atoms with E-state index in [2.05, 4.69) is 15.0 Å². The third-order valence-corrected chi connectivity index (χ3v) is 3.44. The number of rotatable bonds is 2. The smallest absolute Gasteiger partial charge is 0.228 e. The van der Waals surface area contributed by atoms with Crippen LogP contribution in [0.4, 0.5) is 0 Å². The number of ketones is 2. The van der Waals surface area contributed by atoms with Crippen molar-refractivity contribution in [1.29, 1.82) is 0 Å². The lowest BCUT2D eigenvalue weighted by Crippen LogP contribution is -2.27. The largest absolute Gasteiger partial charge is 0.361 e. The highest BCUT2D eigenvalue weighted by molar-refractivity contribution is 6.25. The number of azide groups is 1. The summed E-state index contributed by atoms with van der Waals surface area (Å²) in [5.41, 5.74) is 9.67. The van der Waals surface area contributed by atoms with Gasteiger partial charge >= 0.3 is 0 Å². The molecule has 3 rings (SSSR count). The van der Waals surface area contributed by atoms with Gasteiger partial charge in [-0.3, -0.25) is 9.59 Å². The molecule has 2 heterocycles. The van der Waals surface area contributed by atoms with Gasteiger partial charge in [0, 0.05) is 23.2 Å². The summed E-state index contributed by atoms with van der Waals surface area (Å²) in [6.45, 7) is 4.35. The Bertz CT molecular complexity index is 730. The van der Waals surface area contributed by atoms with Gasteiger partial charge in [-0.2, -0.15) is 0 Å². The van der Waals surface area contributed by atoms with E-state index in [1.54, 1.807) is 24.0 Å². The van der Waals surface area contributed by atoms with Crippen molar-refractivity contribution in [1.82, 2.24) is 9.88 Å². The van der Waals surface area contributed by atoms with Crippen LogP contribution in [0.5, 0.6) is 0 Å². The molecule has 0 saturated carbocycles. The number of aryl methyl sites for hydroxylation is 1. The Kier molecular flexibility index (Phi) is 2.59. The predicted molar refractivity (Wildman–Crippen MR) is 70.0 cm³/mol. The predicted octanol–water partition coefficient (Wildman–Crippen LogP) is 2.00. The lowest BCUT2D eigenvalue weighted by molar-refractivity contribution is 0.0954. The zero-order valence-electron chi connectivity index (χ0n) is 11.0. The maximum absolute atomic E-state index is 12.5. The number of fused-ring (bicyclic) bond motifs is 1. The summed E-state index contributed by atoms with van der Waals surface area (Å²) >= 11 is 0. The summed E-state index contributed by atoms with van der Waals surface area (Å²) in [5.74, 6) is -0.797. The zero-order chi connectivity index (χ0) is 14.4. The van der Waals surface area contributed by atoms with Crippen LogP contribution in [0, 0.1) is 6.92 Å². The van der Waals surface area contributed by atoms with E-state index in [1.165, 1.54) is 0 Å². The minimum absolute atomic E-state index is 0.125. The molecule has 0 radical (unpaired) electrons. The topological polar surface area (TPSA) is 98.8 Å². The first-order valence-electron chi connectivity index (χ1n) is 6.17. The summed E-state index contributed by atoms with van der Waals surface area (Å²) in [7, 11) is 0. The van der Waals surface area contributed by atoms with Crippen molar-refractivity contribution >= 4 is 11.6 Å². The van der Waals surface area contributed by atoms with E-state index < -0.39 is 5.78 Å². The van der Waals surface area contributed by atoms with Crippen LogP contribution in [0.3, 0.4) is 0 Å². The maximum atomic E-state index is 12.5. The molecule has 0 amide bonds. The van der Waals surface area contributed by atoms with Crippen LogP contribution in [-0.4, -0.2) is 34.0 Å². The molecule has 1 aliphatic heterocycles. The van der Waals surface area contributed by atoms with Gasteiger partial charge in [-0.15, -0.1) is 0 Å². The highest BCUT2D eigenvalue weighted by Crippen LogP contribution is 2.34. The van der Waals surface area contributed by atoms with Crippen LogP contribution in [-0.2, 0) is 0 Å². The molecule has 1 aliphatic carbocycles. The van der Waals surface area contributed by atoms with E-state index in [-0.39, 0.29) is 34.5 Å². The average molecular weight is 269 g/mol. The molecule has 0 bridgehead atoms. The Balaban J connectivity index is 2.23. The van der Waals surface area contributed by atoms with E-state index in [1.807, 2.05) is 6.92 Å². The molecule has 0 N–H and O–H groups in total. The number of nitrogens with zero attached hydrogens (tertiary/aromatic N) is 5. The minimum Gasteiger partial charge on any atom is -0.361 e. The highest BCUT2D eigenvalue weighted by Gasteiger charge is 2.42. The number of Topliss-reactive ketones (excluding diaryl/α,β-unsaturated/α-hetero) is 2. The van der Waals surface area contributed by atoms with Crippen LogP contribution in [0.25, 0.3) is 10.4 Å². The van der Waals surface area contributed by atoms with Gasteiger partial charge in [0.15, 0.2) is 5.78 Å². The summed E-state index contributed by atoms with van der Waals surface area (Å²) in [5, 5.41) is 3.43. The molecule has 20 heavy (non-hydrogen) atoms. The van der Waals surface area contributed by atoms with Crippen molar-refractivity contribution in [2.75, 3.05) is 6.54 Å². The second-order valence-electron chi connectivity index (χ2n) is 4.90. The molecule has 1 atom stereocenters. The summed E-state index contributed by atoms with van der Waals surface area (Å²) < 4.78 is 0. The van der Waals surface area contributed by atoms with Crippen molar-refractivity contribution in [2.45, 2.75) is 19.9 Å². The van der Waals surface area contributed by atoms with Crippen molar-refractivity contribution in [3.05, 3.63) is 50.9 Å².